The highest BCUT2D eigenvalue weighted by molar-refractivity contribution is 8.00. The van der Waals surface area contributed by atoms with Gasteiger partial charge in [-0.2, -0.15) is 0 Å². The lowest BCUT2D eigenvalue weighted by Gasteiger charge is -2.25. The van der Waals surface area contributed by atoms with Gasteiger partial charge in [0.25, 0.3) is 0 Å². The van der Waals surface area contributed by atoms with E-state index in [1.165, 1.54) is 99.8 Å². The van der Waals surface area contributed by atoms with Gasteiger partial charge in [-0.1, -0.05) is 83.8 Å². The molecule has 4 atom stereocenters. The maximum absolute atomic E-state index is 13.4. The van der Waals surface area contributed by atoms with Crippen LogP contribution in [0.4, 0.5) is 22.4 Å². The van der Waals surface area contributed by atoms with E-state index < -0.39 is 21.7 Å². The Kier molecular flexibility index (Phi) is 30.1. The van der Waals surface area contributed by atoms with Crippen molar-refractivity contribution in [3.63, 3.8) is 0 Å². The number of benzene rings is 8. The average Bonchev–Trinajstić information content (AvgIpc) is 0.806. The Hall–Kier alpha value is -7.30. The SMILES string of the molecule is Cl.Cl.NC(=O)CC[C@@H]1CCCc2cc(S(=O)(=O)c3cccc(F)c3)ccc21.NC(=O)CC[C@@H]1CCCc2cc(Sc3cccc(F)c3)ccc21.NC(=O)[C@@H]1CCCc2cc(Sc3cccc(F)c3)ccc21.NC(N)=O.NC[C@@H]1CCCc2cc(Sc3cccc(F)c3)ccc21. The predicted molar refractivity (Wildman–Crippen MR) is 375 cm³/mol. The minimum Gasteiger partial charge on any atom is -0.370 e. The summed E-state index contributed by atoms with van der Waals surface area (Å²) in [4.78, 5) is 48.8. The van der Waals surface area contributed by atoms with Crippen LogP contribution < -0.4 is 34.4 Å². The number of primary amides is 5. The highest BCUT2D eigenvalue weighted by Gasteiger charge is 2.27. The quantitative estimate of drug-likeness (QED) is 0.0499. The van der Waals surface area contributed by atoms with Crippen LogP contribution in [-0.2, 0) is 49.9 Å². The third-order valence-corrected chi connectivity index (χ3v) is 21.4. The van der Waals surface area contributed by atoms with Gasteiger partial charge in [0.2, 0.25) is 27.6 Å². The average molecular weight is 1410 g/mol. The first-order valence-electron chi connectivity index (χ1n) is 31.1. The number of sulfone groups is 1. The summed E-state index contributed by atoms with van der Waals surface area (Å²) in [6, 6.07) is 48.4. The molecule has 12 N–H and O–H groups in total. The first kappa shape index (κ1) is 76.7. The largest absolute Gasteiger partial charge is 0.370 e. The maximum Gasteiger partial charge on any atom is 0.309 e. The second-order valence-electron chi connectivity index (χ2n) is 23.3. The van der Waals surface area contributed by atoms with Gasteiger partial charge >= 0.3 is 6.03 Å². The molecule has 0 saturated heterocycles. The zero-order valence-corrected chi connectivity index (χ0v) is 57.3. The molecule has 8 aromatic rings. The molecule has 4 aliphatic rings. The molecule has 95 heavy (non-hydrogen) atoms. The summed E-state index contributed by atoms with van der Waals surface area (Å²) in [5.74, 6) is -1.00. The van der Waals surface area contributed by atoms with Crippen LogP contribution in [-0.4, -0.2) is 38.7 Å². The van der Waals surface area contributed by atoms with E-state index in [1.807, 2.05) is 36.4 Å². The zero-order chi connectivity index (χ0) is 66.6. The van der Waals surface area contributed by atoms with E-state index >= 15 is 0 Å². The van der Waals surface area contributed by atoms with Crippen molar-refractivity contribution < 1.29 is 45.2 Å². The first-order valence-corrected chi connectivity index (χ1v) is 35.0. The number of fused-ring (bicyclic) bond motifs is 4. The second-order valence-corrected chi connectivity index (χ2v) is 28.7. The van der Waals surface area contributed by atoms with Crippen LogP contribution in [0.5, 0.6) is 0 Å². The van der Waals surface area contributed by atoms with Crippen LogP contribution in [0.1, 0.15) is 145 Å². The van der Waals surface area contributed by atoms with Gasteiger partial charge < -0.3 is 34.4 Å². The summed E-state index contributed by atoms with van der Waals surface area (Å²) in [7, 11) is -3.75. The molecular formula is C73H80Cl2F4N6O6S4. The molecule has 0 heterocycles. The van der Waals surface area contributed by atoms with E-state index in [2.05, 4.69) is 53.9 Å². The van der Waals surface area contributed by atoms with Crippen LogP contribution >= 0.6 is 60.1 Å². The van der Waals surface area contributed by atoms with E-state index in [4.69, 9.17) is 27.7 Å². The van der Waals surface area contributed by atoms with Crippen molar-refractivity contribution in [3.05, 3.63) is 238 Å². The number of aryl methyl sites for hydroxylation is 4. The molecule has 0 radical (unpaired) electrons. The number of nitrogens with two attached hydrogens (primary N) is 6. The fourth-order valence-electron chi connectivity index (χ4n) is 12.4. The summed E-state index contributed by atoms with van der Waals surface area (Å²) < 4.78 is 78.6. The van der Waals surface area contributed by atoms with E-state index in [0.29, 0.717) is 31.1 Å². The summed E-state index contributed by atoms with van der Waals surface area (Å²) in [5, 5.41) is 0. The number of hydrogen-bond acceptors (Lipinski definition) is 10. The third-order valence-electron chi connectivity index (χ3n) is 16.7. The third kappa shape index (κ3) is 22.9. The van der Waals surface area contributed by atoms with Crippen LogP contribution in [0.15, 0.2) is 209 Å². The normalized spacial score (nSPS) is 16.4. The lowest BCUT2D eigenvalue weighted by molar-refractivity contribution is -0.120. The molecule has 12 nitrogen and oxygen atoms in total. The molecule has 0 aromatic heterocycles. The Morgan fingerprint density at radius 2 is 0.726 bits per heavy atom. The van der Waals surface area contributed by atoms with Gasteiger partial charge in [-0.15, -0.1) is 24.8 Å². The van der Waals surface area contributed by atoms with Gasteiger partial charge in [-0.05, 0) is 280 Å². The predicted octanol–water partition coefficient (Wildman–Crippen LogP) is 16.1. The zero-order valence-electron chi connectivity index (χ0n) is 52.4. The summed E-state index contributed by atoms with van der Waals surface area (Å²) in [6.45, 7) is 0.726. The summed E-state index contributed by atoms with van der Waals surface area (Å²) in [6.07, 6.45) is 14.6. The second kappa shape index (κ2) is 37.3. The van der Waals surface area contributed by atoms with Crippen LogP contribution in [0.25, 0.3) is 0 Å². The van der Waals surface area contributed by atoms with Crippen LogP contribution in [0, 0.1) is 23.3 Å². The molecule has 0 fully saturated rings. The van der Waals surface area contributed by atoms with Gasteiger partial charge in [0.15, 0.2) is 0 Å². The van der Waals surface area contributed by atoms with Crippen molar-refractivity contribution >= 4 is 93.7 Å². The number of halogens is 6. The van der Waals surface area contributed by atoms with Gasteiger partial charge in [0.05, 0.1) is 15.7 Å². The maximum atomic E-state index is 13.4. The lowest BCUT2D eigenvalue weighted by atomic mass is 9.80. The molecule has 8 aromatic carbocycles. The molecule has 0 aliphatic heterocycles. The molecule has 0 spiro atoms. The Morgan fingerprint density at radius 3 is 1.12 bits per heavy atom. The molecule has 22 heteroatoms. The van der Waals surface area contributed by atoms with Crippen molar-refractivity contribution in [1.82, 2.24) is 0 Å². The molecule has 0 unspecified atom stereocenters. The minimum absolute atomic E-state index is 0. The van der Waals surface area contributed by atoms with Gasteiger partial charge in [0, 0.05) is 42.2 Å². The van der Waals surface area contributed by atoms with Crippen LogP contribution in [0.2, 0.25) is 0 Å². The molecule has 4 aliphatic carbocycles. The molecule has 504 valence electrons. The molecule has 12 rings (SSSR count). The fraction of sp³-hybridized carbons (Fsp3) is 0.288. The monoisotopic (exact) mass is 1410 g/mol. The van der Waals surface area contributed by atoms with Gasteiger partial charge in [-0.3, -0.25) is 14.4 Å². The minimum atomic E-state index is -3.75. The fourth-order valence-corrected chi connectivity index (χ4v) is 16.5. The molecule has 5 amide bonds. The number of urea groups is 1. The first-order chi connectivity index (χ1) is 44.6. The number of rotatable bonds is 16. The topological polar surface area (TPSA) is 259 Å². The standard InChI is InChI=1S/C19H20FNO3S.C19H20FNOS.C17H16FNOS.C17H18FNS.CH4N2O.2ClH/c20-15-5-2-6-16(12-15)25(23,24)17-8-9-18-13(7-10-19(21)22)3-1-4-14(18)11-17;20-15-5-2-6-16(12-15)23-17-8-9-18-13(7-10-19(21)22)3-1-4-14(18)11-17;18-12-4-2-5-13(10-12)21-14-7-8-15-11(9-14)3-1-6-16(15)17(19)20;18-14-5-2-6-15(10-14)20-16-7-8-17-12(9-16)3-1-4-13(17)11-19;2-1(3)4;;/h2,5-6,8-9,11-13H,1,3-4,7,10H2,(H2,21,22);2,5-6,8-9,11-13H,1,3-4,7,10H2,(H2,21,22);2,4-5,7-10,16H,1,3,6H2,(H2,19,20);2,5-10,13H,1,3-4,11,19H2;(H4,2,3,4);2*1H/t2*13-;16-;13-;;;/m0010.../s1. The number of carbonyl (C=O) groups excluding carboxylic acids is 4. The van der Waals surface area contributed by atoms with Crippen molar-refractivity contribution in [1.29, 1.82) is 0 Å². The van der Waals surface area contributed by atoms with Crippen molar-refractivity contribution in [2.75, 3.05) is 6.54 Å². The lowest BCUT2D eigenvalue weighted by Crippen LogP contribution is -2.25. The van der Waals surface area contributed by atoms with E-state index in [1.54, 1.807) is 66.0 Å². The molecule has 0 saturated carbocycles. The van der Waals surface area contributed by atoms with E-state index in [9.17, 15) is 40.4 Å². The molecule has 0 bridgehead atoms. The number of amides is 5. The summed E-state index contributed by atoms with van der Waals surface area (Å²) in [5.41, 5.74) is 40.2. The Morgan fingerprint density at radius 1 is 0.400 bits per heavy atom. The van der Waals surface area contributed by atoms with Crippen molar-refractivity contribution in [2.45, 2.75) is 166 Å². The van der Waals surface area contributed by atoms with Gasteiger partial charge in [0.1, 0.15) is 23.3 Å². The van der Waals surface area contributed by atoms with Crippen LogP contribution in [0.3, 0.4) is 0 Å². The Balaban J connectivity index is 0.000000196. The molecular weight excluding hydrogens is 1330 g/mol. The van der Waals surface area contributed by atoms with E-state index in [0.717, 1.165) is 124 Å². The van der Waals surface area contributed by atoms with Crippen molar-refractivity contribution in [3.8, 4) is 0 Å². The van der Waals surface area contributed by atoms with Gasteiger partial charge in [-0.25, -0.2) is 30.8 Å². The summed E-state index contributed by atoms with van der Waals surface area (Å²) >= 11 is 4.72. The Labute approximate surface area is 579 Å². The highest BCUT2D eigenvalue weighted by Crippen LogP contribution is 2.41. The van der Waals surface area contributed by atoms with Crippen molar-refractivity contribution in [2.24, 2.45) is 34.4 Å². The van der Waals surface area contributed by atoms with E-state index in [-0.39, 0.29) is 81.6 Å². The number of carbonyl (C=O) groups is 4. The number of hydrogen-bond donors (Lipinski definition) is 6. The smallest absolute Gasteiger partial charge is 0.309 e. The Bertz CT molecular complexity index is 4060. The highest BCUT2D eigenvalue weighted by atomic mass is 35.5.